The van der Waals surface area contributed by atoms with Crippen LogP contribution in [0, 0.1) is 0 Å². The van der Waals surface area contributed by atoms with Crippen molar-refractivity contribution in [3.05, 3.63) is 29.6 Å². The number of alkyl halides is 3. The minimum absolute atomic E-state index is 0.0279. The third-order valence-corrected chi connectivity index (χ3v) is 2.97. The smallest absolute Gasteiger partial charge is 0.364 e. The second kappa shape index (κ2) is 6.69. The number of primary amides is 1. The maximum Gasteiger partial charge on any atom is 0.401 e. The van der Waals surface area contributed by atoms with Crippen molar-refractivity contribution >= 4 is 5.91 Å². The molecule has 1 aromatic heterocycles. The molecule has 0 aromatic carbocycles. The lowest BCUT2D eigenvalue weighted by molar-refractivity contribution is -0.126. The molecule has 1 amide bonds. The quantitative estimate of drug-likeness (QED) is 0.843. The predicted molar refractivity (Wildman–Crippen MR) is 69.3 cm³/mol. The first-order valence-electron chi connectivity index (χ1n) is 6.25. The number of nitrogens with one attached hydrogen (secondary N) is 1. The molecule has 0 aliphatic heterocycles. The molecule has 0 saturated heterocycles. The lowest BCUT2D eigenvalue weighted by Crippen LogP contribution is -2.36. The molecule has 0 saturated carbocycles. The average Bonchev–Trinajstić information content (AvgIpc) is 2.35. The maximum absolute atomic E-state index is 12.1. The topological polar surface area (TPSA) is 68.0 Å². The Morgan fingerprint density at radius 1 is 1.40 bits per heavy atom. The Kier molecular flexibility index (Phi) is 5.50. The lowest BCUT2D eigenvalue weighted by atomic mass is 9.95. The highest BCUT2D eigenvalue weighted by Crippen LogP contribution is 2.21. The Morgan fingerprint density at radius 3 is 2.50 bits per heavy atom. The number of pyridine rings is 1. The van der Waals surface area contributed by atoms with Crippen molar-refractivity contribution in [2.24, 2.45) is 5.73 Å². The van der Waals surface area contributed by atoms with E-state index in [-0.39, 0.29) is 17.7 Å². The summed E-state index contributed by atoms with van der Waals surface area (Å²) in [6.07, 6.45) is -2.14. The molecule has 2 atom stereocenters. The summed E-state index contributed by atoms with van der Waals surface area (Å²) < 4.78 is 36.2. The van der Waals surface area contributed by atoms with Crippen LogP contribution in [-0.4, -0.2) is 29.7 Å². The summed E-state index contributed by atoms with van der Waals surface area (Å²) in [5, 5.41) is 2.43. The normalized spacial score (nSPS) is 14.8. The zero-order chi connectivity index (χ0) is 15.3. The molecule has 1 rings (SSSR count). The first-order valence-corrected chi connectivity index (χ1v) is 6.25. The van der Waals surface area contributed by atoms with E-state index >= 15 is 0 Å². The molecule has 20 heavy (non-hydrogen) atoms. The van der Waals surface area contributed by atoms with Gasteiger partial charge in [-0.15, -0.1) is 0 Å². The Morgan fingerprint density at radius 2 is 2.05 bits per heavy atom. The first kappa shape index (κ1) is 16.4. The number of aromatic nitrogens is 1. The molecule has 1 aromatic rings. The van der Waals surface area contributed by atoms with E-state index in [1.807, 2.05) is 6.92 Å². The van der Waals surface area contributed by atoms with Gasteiger partial charge in [0.25, 0.3) is 5.91 Å². The highest BCUT2D eigenvalue weighted by molar-refractivity contribution is 5.90. The van der Waals surface area contributed by atoms with E-state index in [4.69, 9.17) is 5.73 Å². The second-order valence-corrected chi connectivity index (χ2v) is 4.87. The third kappa shape index (κ3) is 5.56. The van der Waals surface area contributed by atoms with Crippen LogP contribution in [0.3, 0.4) is 0 Å². The van der Waals surface area contributed by atoms with Gasteiger partial charge >= 0.3 is 6.18 Å². The Hall–Kier alpha value is -1.63. The summed E-state index contributed by atoms with van der Waals surface area (Å²) in [7, 11) is 0. The molecule has 2 unspecified atom stereocenters. The van der Waals surface area contributed by atoms with Gasteiger partial charge in [-0.25, -0.2) is 0 Å². The van der Waals surface area contributed by atoms with Gasteiger partial charge in [0.05, 0.1) is 6.54 Å². The summed E-state index contributed by atoms with van der Waals surface area (Å²) in [6.45, 7) is 2.60. The zero-order valence-electron chi connectivity index (χ0n) is 11.4. The molecule has 0 aliphatic rings. The number of hydrogen-bond donors (Lipinski definition) is 2. The second-order valence-electron chi connectivity index (χ2n) is 4.87. The molecular formula is C13H18F3N3O. The molecule has 0 spiro atoms. The first-order chi connectivity index (χ1) is 9.19. The van der Waals surface area contributed by atoms with Crippen LogP contribution in [0.25, 0.3) is 0 Å². The van der Waals surface area contributed by atoms with E-state index in [0.29, 0.717) is 6.42 Å². The molecule has 0 aliphatic carbocycles. The van der Waals surface area contributed by atoms with Crippen molar-refractivity contribution in [3.63, 3.8) is 0 Å². The van der Waals surface area contributed by atoms with E-state index in [9.17, 15) is 18.0 Å². The Labute approximate surface area is 115 Å². The fraction of sp³-hybridized carbons (Fsp3) is 0.538. The third-order valence-electron chi connectivity index (χ3n) is 2.97. The number of amides is 1. The van der Waals surface area contributed by atoms with Crippen molar-refractivity contribution in [1.29, 1.82) is 0 Å². The van der Waals surface area contributed by atoms with Crippen LogP contribution < -0.4 is 11.1 Å². The van der Waals surface area contributed by atoms with E-state index in [1.165, 1.54) is 12.3 Å². The van der Waals surface area contributed by atoms with Gasteiger partial charge in [-0.3, -0.25) is 9.78 Å². The van der Waals surface area contributed by atoms with Crippen molar-refractivity contribution < 1.29 is 18.0 Å². The number of halogens is 3. The fourth-order valence-corrected chi connectivity index (χ4v) is 1.88. The summed E-state index contributed by atoms with van der Waals surface area (Å²) >= 11 is 0. The van der Waals surface area contributed by atoms with Crippen molar-refractivity contribution in [3.8, 4) is 0 Å². The summed E-state index contributed by atoms with van der Waals surface area (Å²) in [5.74, 6) is -0.579. The van der Waals surface area contributed by atoms with Gasteiger partial charge in [0.15, 0.2) is 0 Å². The van der Waals surface area contributed by atoms with Gasteiger partial charge in [-0.05, 0) is 30.9 Å². The minimum Gasteiger partial charge on any atom is -0.364 e. The minimum atomic E-state index is -4.21. The molecule has 0 fully saturated rings. The number of carbonyl (C=O) groups is 1. The van der Waals surface area contributed by atoms with Crippen LogP contribution in [0.4, 0.5) is 13.2 Å². The van der Waals surface area contributed by atoms with Crippen molar-refractivity contribution in [1.82, 2.24) is 10.3 Å². The van der Waals surface area contributed by atoms with Gasteiger partial charge in [-0.1, -0.05) is 13.0 Å². The SMILES string of the molecule is CC(CC(C)c1ccc(C(N)=O)nc1)NCC(F)(F)F. The average molecular weight is 289 g/mol. The summed E-state index contributed by atoms with van der Waals surface area (Å²) in [5.41, 5.74) is 6.11. The van der Waals surface area contributed by atoms with Crippen molar-refractivity contribution in [2.75, 3.05) is 6.54 Å². The van der Waals surface area contributed by atoms with Crippen LogP contribution >= 0.6 is 0 Å². The van der Waals surface area contributed by atoms with Gasteiger partial charge < -0.3 is 11.1 Å². The molecule has 7 heteroatoms. The van der Waals surface area contributed by atoms with E-state index in [0.717, 1.165) is 5.56 Å². The van der Waals surface area contributed by atoms with E-state index in [1.54, 1.807) is 13.0 Å². The molecule has 112 valence electrons. The Balaban J connectivity index is 2.53. The van der Waals surface area contributed by atoms with Crippen LogP contribution in [-0.2, 0) is 0 Å². The van der Waals surface area contributed by atoms with Gasteiger partial charge in [0.1, 0.15) is 5.69 Å². The van der Waals surface area contributed by atoms with Crippen LogP contribution in [0.1, 0.15) is 42.2 Å². The van der Waals surface area contributed by atoms with Crippen molar-refractivity contribution in [2.45, 2.75) is 38.4 Å². The number of rotatable bonds is 6. The highest BCUT2D eigenvalue weighted by Gasteiger charge is 2.27. The zero-order valence-corrected chi connectivity index (χ0v) is 11.4. The van der Waals surface area contributed by atoms with Crippen LogP contribution in [0.2, 0.25) is 0 Å². The Bertz CT molecular complexity index is 445. The highest BCUT2D eigenvalue weighted by atomic mass is 19.4. The van der Waals surface area contributed by atoms with Crippen LogP contribution in [0.5, 0.6) is 0 Å². The standard InChI is InChI=1S/C13H18F3N3O/c1-8(5-9(2)19-7-13(14,15)16)10-3-4-11(12(17)20)18-6-10/h3-4,6,8-9,19H,5,7H2,1-2H3,(H2,17,20). The summed E-state index contributed by atoms with van der Waals surface area (Å²) in [4.78, 5) is 14.8. The number of carbonyl (C=O) groups excluding carboxylic acids is 1. The predicted octanol–water partition coefficient (Wildman–Crippen LogP) is 2.21. The van der Waals surface area contributed by atoms with Gasteiger partial charge in [-0.2, -0.15) is 13.2 Å². The number of hydrogen-bond acceptors (Lipinski definition) is 3. The van der Waals surface area contributed by atoms with E-state index in [2.05, 4.69) is 10.3 Å². The fourth-order valence-electron chi connectivity index (χ4n) is 1.88. The molecule has 4 nitrogen and oxygen atoms in total. The lowest BCUT2D eigenvalue weighted by Gasteiger charge is -2.19. The van der Waals surface area contributed by atoms with E-state index < -0.39 is 18.6 Å². The molecule has 0 radical (unpaired) electrons. The molecule has 1 heterocycles. The molecule has 3 N–H and O–H groups in total. The van der Waals surface area contributed by atoms with Gasteiger partial charge in [0.2, 0.25) is 0 Å². The molecular weight excluding hydrogens is 271 g/mol. The monoisotopic (exact) mass is 289 g/mol. The van der Waals surface area contributed by atoms with Crippen LogP contribution in [0.15, 0.2) is 18.3 Å². The van der Waals surface area contributed by atoms with Gasteiger partial charge in [0, 0.05) is 12.2 Å². The summed E-state index contributed by atoms with van der Waals surface area (Å²) in [6, 6.07) is 2.96. The number of nitrogens with zero attached hydrogens (tertiary/aromatic N) is 1. The number of nitrogens with two attached hydrogens (primary N) is 1. The molecule has 0 bridgehead atoms. The maximum atomic E-state index is 12.1. The largest absolute Gasteiger partial charge is 0.401 e.